The molecule has 25 heavy (non-hydrogen) atoms. The SMILES string of the molecule is CC(C)(C)OC(=O)Nc1cccc(C(=O)OCC(=O)NCCC#N)c1. The van der Waals surface area contributed by atoms with Crippen molar-refractivity contribution in [2.75, 3.05) is 18.5 Å². The number of carbonyl (C=O) groups is 3. The van der Waals surface area contributed by atoms with Gasteiger partial charge in [-0.05, 0) is 39.0 Å². The van der Waals surface area contributed by atoms with Gasteiger partial charge in [0.15, 0.2) is 6.61 Å². The van der Waals surface area contributed by atoms with E-state index in [1.807, 2.05) is 6.07 Å². The summed E-state index contributed by atoms with van der Waals surface area (Å²) in [4.78, 5) is 35.1. The highest BCUT2D eigenvalue weighted by molar-refractivity contribution is 5.93. The van der Waals surface area contributed by atoms with E-state index >= 15 is 0 Å². The summed E-state index contributed by atoms with van der Waals surface area (Å²) in [5.41, 5.74) is -0.0972. The second-order valence-corrected chi connectivity index (χ2v) is 6.04. The van der Waals surface area contributed by atoms with Crippen LogP contribution in [0.5, 0.6) is 0 Å². The Balaban J connectivity index is 2.56. The van der Waals surface area contributed by atoms with Gasteiger partial charge in [0.2, 0.25) is 0 Å². The molecule has 0 unspecified atom stereocenters. The van der Waals surface area contributed by atoms with Gasteiger partial charge in [-0.15, -0.1) is 0 Å². The van der Waals surface area contributed by atoms with Crippen LogP contribution in [0.25, 0.3) is 0 Å². The van der Waals surface area contributed by atoms with E-state index < -0.39 is 30.2 Å². The Morgan fingerprint density at radius 3 is 2.60 bits per heavy atom. The largest absolute Gasteiger partial charge is 0.452 e. The van der Waals surface area contributed by atoms with E-state index in [-0.39, 0.29) is 18.5 Å². The normalized spacial score (nSPS) is 10.3. The highest BCUT2D eigenvalue weighted by Gasteiger charge is 2.17. The van der Waals surface area contributed by atoms with Gasteiger partial charge in [-0.3, -0.25) is 10.1 Å². The minimum atomic E-state index is -0.705. The minimum Gasteiger partial charge on any atom is -0.452 e. The standard InChI is InChI=1S/C17H21N3O5/c1-17(2,3)25-16(23)20-13-7-4-6-12(10-13)15(22)24-11-14(21)19-9-5-8-18/h4,6-7,10H,5,9,11H2,1-3H3,(H,19,21)(H,20,23). The molecular formula is C17H21N3O5. The lowest BCUT2D eigenvalue weighted by atomic mass is 10.2. The van der Waals surface area contributed by atoms with Crippen molar-refractivity contribution in [3.63, 3.8) is 0 Å². The fourth-order valence-electron chi connectivity index (χ4n) is 1.67. The van der Waals surface area contributed by atoms with Crippen LogP contribution < -0.4 is 10.6 Å². The van der Waals surface area contributed by atoms with Crippen LogP contribution in [0.2, 0.25) is 0 Å². The lowest BCUT2D eigenvalue weighted by Crippen LogP contribution is -2.29. The quantitative estimate of drug-likeness (QED) is 0.602. The molecule has 2 N–H and O–H groups in total. The van der Waals surface area contributed by atoms with Crippen LogP contribution in [0.1, 0.15) is 37.6 Å². The van der Waals surface area contributed by atoms with Crippen LogP contribution in [0, 0.1) is 11.3 Å². The zero-order chi connectivity index (χ0) is 18.9. The molecule has 1 rings (SSSR count). The van der Waals surface area contributed by atoms with Crippen molar-refractivity contribution >= 4 is 23.7 Å². The third kappa shape index (κ3) is 8.37. The minimum absolute atomic E-state index is 0.179. The maximum atomic E-state index is 11.9. The first-order valence-electron chi connectivity index (χ1n) is 7.62. The summed E-state index contributed by atoms with van der Waals surface area (Å²) in [6.07, 6.45) is -0.465. The van der Waals surface area contributed by atoms with Crippen molar-refractivity contribution in [3.05, 3.63) is 29.8 Å². The van der Waals surface area contributed by atoms with Crippen LogP contribution in [0.15, 0.2) is 24.3 Å². The molecule has 2 amide bonds. The highest BCUT2D eigenvalue weighted by Crippen LogP contribution is 2.14. The van der Waals surface area contributed by atoms with Crippen molar-refractivity contribution in [1.82, 2.24) is 5.32 Å². The predicted octanol–water partition coefficient (Wildman–Crippen LogP) is 2.22. The number of nitrogens with zero attached hydrogens (tertiary/aromatic N) is 1. The number of nitriles is 1. The molecule has 8 heteroatoms. The van der Waals surface area contributed by atoms with Crippen molar-refractivity contribution in [3.8, 4) is 6.07 Å². The van der Waals surface area contributed by atoms with Crippen molar-refractivity contribution in [2.24, 2.45) is 0 Å². The molecule has 0 spiro atoms. The molecule has 8 nitrogen and oxygen atoms in total. The number of hydrogen-bond donors (Lipinski definition) is 2. The number of amides is 2. The second kappa shape index (κ2) is 9.27. The van der Waals surface area contributed by atoms with E-state index in [4.69, 9.17) is 14.7 Å². The summed E-state index contributed by atoms with van der Waals surface area (Å²) >= 11 is 0. The molecule has 0 heterocycles. The zero-order valence-electron chi connectivity index (χ0n) is 14.4. The Bertz CT molecular complexity index is 674. The van der Waals surface area contributed by atoms with Crippen molar-refractivity contribution in [1.29, 1.82) is 5.26 Å². The number of rotatable bonds is 6. The topological polar surface area (TPSA) is 118 Å². The molecule has 0 aliphatic heterocycles. The predicted molar refractivity (Wildman–Crippen MR) is 89.8 cm³/mol. The van der Waals surface area contributed by atoms with E-state index in [0.717, 1.165) is 0 Å². The molecule has 0 saturated carbocycles. The van der Waals surface area contributed by atoms with E-state index in [1.165, 1.54) is 12.1 Å². The number of benzene rings is 1. The van der Waals surface area contributed by atoms with Gasteiger partial charge < -0.3 is 14.8 Å². The van der Waals surface area contributed by atoms with Crippen LogP contribution in [0.4, 0.5) is 10.5 Å². The summed E-state index contributed by atoms with van der Waals surface area (Å²) < 4.78 is 10.0. The maximum absolute atomic E-state index is 11.9. The molecule has 0 bridgehead atoms. The molecule has 1 aromatic carbocycles. The van der Waals surface area contributed by atoms with E-state index in [9.17, 15) is 14.4 Å². The first-order valence-corrected chi connectivity index (χ1v) is 7.62. The molecule has 0 aliphatic rings. The Kier molecular flexibility index (Phi) is 7.41. The summed E-state index contributed by atoms with van der Waals surface area (Å²) in [7, 11) is 0. The first-order chi connectivity index (χ1) is 11.7. The van der Waals surface area contributed by atoms with Crippen LogP contribution in [0.3, 0.4) is 0 Å². The summed E-state index contributed by atoms with van der Waals surface area (Å²) in [6.45, 7) is 4.96. The van der Waals surface area contributed by atoms with Gasteiger partial charge in [-0.2, -0.15) is 5.26 Å². The summed E-state index contributed by atoms with van der Waals surface area (Å²) in [5.74, 6) is -1.20. The Morgan fingerprint density at radius 1 is 1.24 bits per heavy atom. The van der Waals surface area contributed by atoms with Crippen molar-refractivity contribution < 1.29 is 23.9 Å². The van der Waals surface area contributed by atoms with Gasteiger partial charge in [0, 0.05) is 12.2 Å². The molecule has 0 aliphatic carbocycles. The molecular weight excluding hydrogens is 326 g/mol. The summed E-state index contributed by atoms with van der Waals surface area (Å²) in [6, 6.07) is 7.95. The molecule has 0 saturated heterocycles. The Morgan fingerprint density at radius 2 is 1.96 bits per heavy atom. The number of carbonyl (C=O) groups excluding carboxylic acids is 3. The Labute approximate surface area is 146 Å². The van der Waals surface area contributed by atoms with Gasteiger partial charge in [0.1, 0.15) is 5.60 Å². The van der Waals surface area contributed by atoms with Gasteiger partial charge in [0.25, 0.3) is 5.91 Å². The fraction of sp³-hybridized carbons (Fsp3) is 0.412. The first kappa shape index (κ1) is 20.0. The van der Waals surface area contributed by atoms with Gasteiger partial charge in [0.05, 0.1) is 18.1 Å². The number of esters is 1. The monoisotopic (exact) mass is 347 g/mol. The smallest absolute Gasteiger partial charge is 0.412 e. The fourth-order valence-corrected chi connectivity index (χ4v) is 1.67. The van der Waals surface area contributed by atoms with Gasteiger partial charge >= 0.3 is 12.1 Å². The van der Waals surface area contributed by atoms with Crippen molar-refractivity contribution in [2.45, 2.75) is 32.8 Å². The lowest BCUT2D eigenvalue weighted by Gasteiger charge is -2.19. The zero-order valence-corrected chi connectivity index (χ0v) is 14.4. The molecule has 1 aromatic rings. The van der Waals surface area contributed by atoms with E-state index in [1.54, 1.807) is 32.9 Å². The average molecular weight is 347 g/mol. The van der Waals surface area contributed by atoms with Crippen LogP contribution >= 0.6 is 0 Å². The van der Waals surface area contributed by atoms with E-state index in [2.05, 4.69) is 10.6 Å². The molecule has 0 aromatic heterocycles. The van der Waals surface area contributed by atoms with Crippen LogP contribution in [-0.4, -0.2) is 36.7 Å². The summed E-state index contributed by atoms with van der Waals surface area (Å²) in [5, 5.41) is 13.3. The number of hydrogen-bond acceptors (Lipinski definition) is 6. The van der Waals surface area contributed by atoms with E-state index in [0.29, 0.717) is 5.69 Å². The second-order valence-electron chi connectivity index (χ2n) is 6.04. The van der Waals surface area contributed by atoms with Gasteiger partial charge in [-0.25, -0.2) is 9.59 Å². The average Bonchev–Trinajstić information content (AvgIpc) is 2.51. The highest BCUT2D eigenvalue weighted by atomic mass is 16.6. The maximum Gasteiger partial charge on any atom is 0.412 e. The number of ether oxygens (including phenoxy) is 2. The molecule has 0 atom stereocenters. The molecule has 0 fully saturated rings. The lowest BCUT2D eigenvalue weighted by molar-refractivity contribution is -0.124. The van der Waals surface area contributed by atoms with Crippen LogP contribution in [-0.2, 0) is 14.3 Å². The third-order valence-electron chi connectivity index (χ3n) is 2.64. The molecule has 0 radical (unpaired) electrons. The number of nitrogens with one attached hydrogen (secondary N) is 2. The molecule has 134 valence electrons. The third-order valence-corrected chi connectivity index (χ3v) is 2.64. The Hall–Kier alpha value is -3.08. The number of anilines is 1. The van der Waals surface area contributed by atoms with Gasteiger partial charge in [-0.1, -0.05) is 6.07 Å².